The minimum absolute atomic E-state index is 0.0478. The Kier molecular flexibility index (Phi) is 7.12. The fraction of sp³-hybridized carbons (Fsp3) is 0.450. The van der Waals surface area contributed by atoms with Gasteiger partial charge in [0.25, 0.3) is 5.91 Å². The highest BCUT2D eigenvalue weighted by Crippen LogP contribution is 2.11. The lowest BCUT2D eigenvalue weighted by Crippen LogP contribution is -2.54. The zero-order valence-electron chi connectivity index (χ0n) is 17.2. The van der Waals surface area contributed by atoms with Crippen molar-refractivity contribution in [3.63, 3.8) is 0 Å². The van der Waals surface area contributed by atoms with Crippen molar-refractivity contribution >= 4 is 17.8 Å². The quantitative estimate of drug-likeness (QED) is 0.640. The molecular formula is C20H26N6O4. The molecule has 0 spiro atoms. The molecule has 1 fully saturated rings. The van der Waals surface area contributed by atoms with Crippen molar-refractivity contribution in [3.05, 3.63) is 42.2 Å². The molecule has 0 bridgehead atoms. The number of rotatable bonds is 7. The maximum Gasteiger partial charge on any atom is 0.305 e. The van der Waals surface area contributed by atoms with Gasteiger partial charge >= 0.3 is 5.97 Å². The monoisotopic (exact) mass is 414 g/mol. The van der Waals surface area contributed by atoms with E-state index in [1.807, 2.05) is 7.05 Å². The lowest BCUT2D eigenvalue weighted by Gasteiger charge is -2.34. The number of likely N-dealkylation sites (N-methyl/N-ethyl adjacent to an activating group) is 1. The van der Waals surface area contributed by atoms with E-state index in [1.54, 1.807) is 46.2 Å². The van der Waals surface area contributed by atoms with Gasteiger partial charge in [0.1, 0.15) is 6.04 Å². The van der Waals surface area contributed by atoms with Gasteiger partial charge in [-0.3, -0.25) is 14.4 Å². The summed E-state index contributed by atoms with van der Waals surface area (Å²) in [6.07, 6.45) is 3.50. The summed E-state index contributed by atoms with van der Waals surface area (Å²) in [5.41, 5.74) is 1.17. The second kappa shape index (κ2) is 9.97. The van der Waals surface area contributed by atoms with Crippen molar-refractivity contribution in [2.24, 2.45) is 0 Å². The number of methoxy groups -OCH3 is 1. The van der Waals surface area contributed by atoms with Crippen LogP contribution in [0, 0.1) is 0 Å². The molecular weight excluding hydrogens is 388 g/mol. The summed E-state index contributed by atoms with van der Waals surface area (Å²) >= 11 is 0. The molecule has 0 radical (unpaired) electrons. The first kappa shape index (κ1) is 21.4. The van der Waals surface area contributed by atoms with Crippen molar-refractivity contribution in [1.82, 2.24) is 30.1 Å². The van der Waals surface area contributed by atoms with Gasteiger partial charge in [-0.1, -0.05) is 5.21 Å². The van der Waals surface area contributed by atoms with E-state index in [2.05, 4.69) is 25.3 Å². The van der Waals surface area contributed by atoms with Gasteiger partial charge in [0.05, 0.1) is 25.2 Å². The van der Waals surface area contributed by atoms with Crippen LogP contribution in [0.4, 0.5) is 0 Å². The third-order valence-electron chi connectivity index (χ3n) is 5.10. The molecule has 1 aromatic carbocycles. The summed E-state index contributed by atoms with van der Waals surface area (Å²) in [4.78, 5) is 41.2. The summed E-state index contributed by atoms with van der Waals surface area (Å²) in [5.74, 6) is -0.977. The molecule has 1 aliphatic rings. The largest absolute Gasteiger partial charge is 0.469 e. The molecule has 30 heavy (non-hydrogen) atoms. The second-order valence-corrected chi connectivity index (χ2v) is 7.16. The molecule has 2 amide bonds. The standard InChI is InChI=1S/C20H26N6O4/c1-24-11-13-25(14-12-24)20(29)17(7-8-18(27)30-2)22-19(28)15-3-5-16(6-4-15)26-10-9-21-23-26/h3-6,9-10,17H,7-8,11-14H2,1-2H3,(H,22,28)/t17-/m0/s1. The van der Waals surface area contributed by atoms with Crippen LogP contribution in [0.2, 0.25) is 0 Å². The first-order valence-electron chi connectivity index (χ1n) is 9.79. The number of carbonyl (C=O) groups is 3. The number of nitrogens with one attached hydrogen (secondary N) is 1. The summed E-state index contributed by atoms with van der Waals surface area (Å²) < 4.78 is 6.26. The van der Waals surface area contributed by atoms with Crippen molar-refractivity contribution < 1.29 is 19.1 Å². The van der Waals surface area contributed by atoms with Crippen molar-refractivity contribution in [2.75, 3.05) is 40.3 Å². The zero-order valence-corrected chi connectivity index (χ0v) is 17.2. The van der Waals surface area contributed by atoms with Crippen LogP contribution in [0.1, 0.15) is 23.2 Å². The average molecular weight is 414 g/mol. The Balaban J connectivity index is 1.68. The average Bonchev–Trinajstić information content (AvgIpc) is 3.31. The van der Waals surface area contributed by atoms with Gasteiger partial charge in [0, 0.05) is 38.2 Å². The third-order valence-corrected chi connectivity index (χ3v) is 5.10. The number of ether oxygens (including phenoxy) is 1. The molecule has 0 aliphatic carbocycles. The Morgan fingerprint density at radius 1 is 1.13 bits per heavy atom. The zero-order chi connectivity index (χ0) is 21.5. The van der Waals surface area contributed by atoms with E-state index in [9.17, 15) is 14.4 Å². The second-order valence-electron chi connectivity index (χ2n) is 7.16. The van der Waals surface area contributed by atoms with Gasteiger partial charge in [-0.25, -0.2) is 4.68 Å². The highest BCUT2D eigenvalue weighted by atomic mass is 16.5. The Bertz CT molecular complexity index is 860. The minimum atomic E-state index is -0.796. The fourth-order valence-corrected chi connectivity index (χ4v) is 3.22. The molecule has 1 aromatic heterocycles. The Morgan fingerprint density at radius 3 is 2.43 bits per heavy atom. The van der Waals surface area contributed by atoms with E-state index >= 15 is 0 Å². The summed E-state index contributed by atoms with van der Waals surface area (Å²) in [6.45, 7) is 2.72. The van der Waals surface area contributed by atoms with E-state index in [0.717, 1.165) is 18.8 Å². The topological polar surface area (TPSA) is 110 Å². The normalized spacial score (nSPS) is 15.5. The van der Waals surface area contributed by atoms with Crippen LogP contribution in [0.15, 0.2) is 36.7 Å². The van der Waals surface area contributed by atoms with Gasteiger partial charge in [-0.2, -0.15) is 0 Å². The SMILES string of the molecule is COC(=O)CC[C@H](NC(=O)c1ccc(-n2ccnn2)cc1)C(=O)N1CCN(C)CC1. The molecule has 2 aromatic rings. The summed E-state index contributed by atoms with van der Waals surface area (Å²) in [7, 11) is 3.30. The number of benzene rings is 1. The van der Waals surface area contributed by atoms with E-state index in [0.29, 0.717) is 18.7 Å². The lowest BCUT2D eigenvalue weighted by molar-refractivity contribution is -0.141. The van der Waals surface area contributed by atoms with Crippen LogP contribution in [-0.2, 0) is 14.3 Å². The first-order chi connectivity index (χ1) is 14.5. The Labute approximate surface area is 174 Å². The number of hydrogen-bond acceptors (Lipinski definition) is 7. The molecule has 3 rings (SSSR count). The van der Waals surface area contributed by atoms with E-state index in [1.165, 1.54) is 7.11 Å². The number of piperazine rings is 1. The van der Waals surface area contributed by atoms with Crippen LogP contribution in [-0.4, -0.2) is 89.0 Å². The first-order valence-corrected chi connectivity index (χ1v) is 9.79. The van der Waals surface area contributed by atoms with Crippen molar-refractivity contribution in [1.29, 1.82) is 0 Å². The van der Waals surface area contributed by atoms with Gasteiger partial charge in [0.15, 0.2) is 0 Å². The molecule has 2 heterocycles. The summed E-state index contributed by atoms with van der Waals surface area (Å²) in [6, 6.07) is 6.01. The molecule has 1 aliphatic heterocycles. The Hall–Kier alpha value is -3.27. The highest BCUT2D eigenvalue weighted by molar-refractivity contribution is 5.97. The van der Waals surface area contributed by atoms with Crippen LogP contribution in [0.5, 0.6) is 0 Å². The van der Waals surface area contributed by atoms with Crippen LogP contribution < -0.4 is 5.32 Å². The molecule has 0 saturated carbocycles. The predicted molar refractivity (Wildman–Crippen MR) is 108 cm³/mol. The highest BCUT2D eigenvalue weighted by Gasteiger charge is 2.28. The molecule has 0 unspecified atom stereocenters. The molecule has 160 valence electrons. The van der Waals surface area contributed by atoms with Gasteiger partial charge in [0.2, 0.25) is 5.91 Å². The predicted octanol–water partition coefficient (Wildman–Crippen LogP) is 0.0929. The van der Waals surface area contributed by atoms with Crippen molar-refractivity contribution in [3.8, 4) is 5.69 Å². The third kappa shape index (κ3) is 5.41. The molecule has 10 heteroatoms. The van der Waals surface area contributed by atoms with E-state index in [4.69, 9.17) is 0 Å². The van der Waals surface area contributed by atoms with Gasteiger partial charge in [-0.05, 0) is 37.7 Å². The number of amides is 2. The lowest BCUT2D eigenvalue weighted by atomic mass is 10.1. The minimum Gasteiger partial charge on any atom is -0.469 e. The molecule has 1 atom stereocenters. The van der Waals surface area contributed by atoms with Crippen LogP contribution in [0.3, 0.4) is 0 Å². The maximum atomic E-state index is 13.0. The number of nitrogens with zero attached hydrogens (tertiary/aromatic N) is 5. The summed E-state index contributed by atoms with van der Waals surface area (Å²) in [5, 5.41) is 10.5. The van der Waals surface area contributed by atoms with E-state index in [-0.39, 0.29) is 24.7 Å². The number of aromatic nitrogens is 3. The molecule has 1 saturated heterocycles. The van der Waals surface area contributed by atoms with Crippen molar-refractivity contribution in [2.45, 2.75) is 18.9 Å². The molecule has 1 N–H and O–H groups in total. The maximum absolute atomic E-state index is 13.0. The van der Waals surface area contributed by atoms with Gasteiger partial charge < -0.3 is 19.9 Å². The number of esters is 1. The van der Waals surface area contributed by atoms with E-state index < -0.39 is 12.0 Å². The Morgan fingerprint density at radius 2 is 1.83 bits per heavy atom. The molecule has 10 nitrogen and oxygen atoms in total. The fourth-order valence-electron chi connectivity index (χ4n) is 3.22. The van der Waals surface area contributed by atoms with Crippen LogP contribution >= 0.6 is 0 Å². The number of carbonyl (C=O) groups excluding carboxylic acids is 3. The van der Waals surface area contributed by atoms with Crippen LogP contribution in [0.25, 0.3) is 5.69 Å². The smallest absolute Gasteiger partial charge is 0.305 e. The van der Waals surface area contributed by atoms with Gasteiger partial charge in [-0.15, -0.1) is 5.10 Å². The number of hydrogen-bond donors (Lipinski definition) is 1.